The third-order valence-electron chi connectivity index (χ3n) is 1.77. The van der Waals surface area contributed by atoms with Crippen LogP contribution in [-0.4, -0.2) is 19.5 Å². The van der Waals surface area contributed by atoms with Crippen molar-refractivity contribution in [1.82, 2.24) is 10.6 Å². The number of likely N-dealkylation sites (N-methyl/N-ethyl adjacent to an activating group) is 1. The smallest absolute Gasteiger partial charge is 0.234 e. The molecule has 0 heterocycles. The number of carbonyl (C=O) groups excluding carboxylic acids is 1. The van der Waals surface area contributed by atoms with E-state index in [1.807, 2.05) is 0 Å². The molecule has 0 aromatic heterocycles. The fourth-order valence-corrected chi connectivity index (χ4v) is 1.06. The third kappa shape index (κ3) is 3.14. The first-order valence-electron chi connectivity index (χ1n) is 4.38. The van der Waals surface area contributed by atoms with Gasteiger partial charge in [0.1, 0.15) is 5.82 Å². The Hall–Kier alpha value is -1.42. The van der Waals surface area contributed by atoms with Crippen molar-refractivity contribution in [2.45, 2.75) is 6.54 Å². The van der Waals surface area contributed by atoms with Crippen LogP contribution in [0.25, 0.3) is 0 Å². The second-order valence-electron chi connectivity index (χ2n) is 2.90. The number of nitrogens with one attached hydrogen (secondary N) is 2. The molecule has 0 spiro atoms. The van der Waals surface area contributed by atoms with Gasteiger partial charge in [0.25, 0.3) is 0 Å². The lowest BCUT2D eigenvalue weighted by atomic mass is 10.2. The van der Waals surface area contributed by atoms with Crippen LogP contribution in [0.1, 0.15) is 5.56 Å². The Morgan fingerprint density at radius 3 is 2.79 bits per heavy atom. The van der Waals surface area contributed by atoms with E-state index >= 15 is 0 Å². The van der Waals surface area contributed by atoms with Crippen molar-refractivity contribution in [3.05, 3.63) is 35.6 Å². The Morgan fingerprint density at radius 2 is 2.14 bits per heavy atom. The van der Waals surface area contributed by atoms with Crippen LogP contribution in [0.2, 0.25) is 0 Å². The summed E-state index contributed by atoms with van der Waals surface area (Å²) in [6.07, 6.45) is 0. The number of carbonyl (C=O) groups is 1. The number of benzene rings is 1. The summed E-state index contributed by atoms with van der Waals surface area (Å²) in [5.74, 6) is -0.437. The molecule has 1 aromatic rings. The van der Waals surface area contributed by atoms with E-state index in [4.69, 9.17) is 0 Å². The quantitative estimate of drug-likeness (QED) is 0.742. The molecule has 0 unspecified atom stereocenters. The molecule has 0 fully saturated rings. The van der Waals surface area contributed by atoms with Crippen LogP contribution < -0.4 is 10.6 Å². The average molecular weight is 196 g/mol. The first-order valence-corrected chi connectivity index (χ1v) is 4.38. The van der Waals surface area contributed by atoms with E-state index in [-0.39, 0.29) is 24.8 Å². The summed E-state index contributed by atoms with van der Waals surface area (Å²) in [6.45, 7) is 0.474. The molecule has 3 nitrogen and oxygen atoms in total. The van der Waals surface area contributed by atoms with Gasteiger partial charge in [-0.2, -0.15) is 0 Å². The zero-order valence-electron chi connectivity index (χ0n) is 8.01. The standard InChI is InChI=1S/C10H13FN2O/c1-12-7-10(14)13-6-8-4-2-3-5-9(8)11/h2-5,12H,6-7H2,1H3,(H,13,14). The van der Waals surface area contributed by atoms with E-state index in [9.17, 15) is 9.18 Å². The molecule has 14 heavy (non-hydrogen) atoms. The van der Waals surface area contributed by atoms with E-state index in [0.29, 0.717) is 5.56 Å². The summed E-state index contributed by atoms with van der Waals surface area (Å²) < 4.78 is 13.1. The SMILES string of the molecule is CNCC(=O)NCc1ccccc1F. The maximum Gasteiger partial charge on any atom is 0.234 e. The average Bonchev–Trinajstić information content (AvgIpc) is 2.17. The molecule has 0 saturated heterocycles. The van der Waals surface area contributed by atoms with Crippen molar-refractivity contribution in [2.24, 2.45) is 0 Å². The Bertz CT molecular complexity index is 315. The van der Waals surface area contributed by atoms with Gasteiger partial charge in [0.05, 0.1) is 6.54 Å². The van der Waals surface area contributed by atoms with Crippen molar-refractivity contribution >= 4 is 5.91 Å². The molecule has 0 bridgehead atoms. The minimum atomic E-state index is -0.294. The van der Waals surface area contributed by atoms with E-state index in [1.165, 1.54) is 6.07 Å². The van der Waals surface area contributed by atoms with Gasteiger partial charge >= 0.3 is 0 Å². The fraction of sp³-hybridized carbons (Fsp3) is 0.300. The summed E-state index contributed by atoms with van der Waals surface area (Å²) in [5, 5.41) is 5.31. The summed E-state index contributed by atoms with van der Waals surface area (Å²) in [5.41, 5.74) is 0.497. The topological polar surface area (TPSA) is 41.1 Å². The Balaban J connectivity index is 2.46. The summed E-state index contributed by atoms with van der Waals surface area (Å²) in [7, 11) is 1.68. The molecule has 0 saturated carbocycles. The maximum atomic E-state index is 13.1. The van der Waals surface area contributed by atoms with E-state index in [2.05, 4.69) is 10.6 Å². The summed E-state index contributed by atoms with van der Waals surface area (Å²) >= 11 is 0. The molecular formula is C10H13FN2O. The van der Waals surface area contributed by atoms with Crippen LogP contribution in [0, 0.1) is 5.82 Å². The largest absolute Gasteiger partial charge is 0.351 e. The molecule has 0 aliphatic carbocycles. The number of rotatable bonds is 4. The Morgan fingerprint density at radius 1 is 1.43 bits per heavy atom. The lowest BCUT2D eigenvalue weighted by molar-refractivity contribution is -0.120. The van der Waals surface area contributed by atoms with E-state index in [0.717, 1.165) is 0 Å². The van der Waals surface area contributed by atoms with Crippen molar-refractivity contribution in [3.8, 4) is 0 Å². The molecule has 0 atom stereocenters. The summed E-state index contributed by atoms with van der Waals surface area (Å²) in [6, 6.07) is 6.38. The van der Waals surface area contributed by atoms with Crippen molar-refractivity contribution < 1.29 is 9.18 Å². The predicted molar refractivity (Wildman–Crippen MR) is 52.2 cm³/mol. The molecule has 2 N–H and O–H groups in total. The Labute approximate surface area is 82.3 Å². The van der Waals surface area contributed by atoms with Crippen LogP contribution >= 0.6 is 0 Å². The molecule has 76 valence electrons. The van der Waals surface area contributed by atoms with Gasteiger partial charge in [0.2, 0.25) is 5.91 Å². The van der Waals surface area contributed by atoms with Crippen LogP contribution in [0.15, 0.2) is 24.3 Å². The molecule has 0 aliphatic heterocycles. The zero-order chi connectivity index (χ0) is 10.4. The molecular weight excluding hydrogens is 183 g/mol. The van der Waals surface area contributed by atoms with Gasteiger partial charge in [-0.1, -0.05) is 18.2 Å². The minimum Gasteiger partial charge on any atom is -0.351 e. The first kappa shape index (κ1) is 10.7. The molecule has 0 radical (unpaired) electrons. The number of halogens is 1. The molecule has 1 amide bonds. The van der Waals surface area contributed by atoms with Gasteiger partial charge in [0.15, 0.2) is 0 Å². The van der Waals surface area contributed by atoms with Crippen LogP contribution in [0.3, 0.4) is 0 Å². The van der Waals surface area contributed by atoms with Gasteiger partial charge in [-0.3, -0.25) is 4.79 Å². The van der Waals surface area contributed by atoms with Crippen LogP contribution in [0.5, 0.6) is 0 Å². The number of hydrogen-bond donors (Lipinski definition) is 2. The normalized spacial score (nSPS) is 9.86. The van der Waals surface area contributed by atoms with Gasteiger partial charge < -0.3 is 10.6 Å². The highest BCUT2D eigenvalue weighted by molar-refractivity contribution is 5.77. The molecule has 4 heteroatoms. The second kappa shape index (κ2) is 5.34. The highest BCUT2D eigenvalue weighted by Gasteiger charge is 2.02. The first-order chi connectivity index (χ1) is 6.74. The molecule has 1 rings (SSSR count). The van der Waals surface area contributed by atoms with E-state index < -0.39 is 0 Å². The monoisotopic (exact) mass is 196 g/mol. The third-order valence-corrected chi connectivity index (χ3v) is 1.77. The summed E-state index contributed by atoms with van der Waals surface area (Å²) in [4.78, 5) is 11.0. The lowest BCUT2D eigenvalue weighted by Crippen LogP contribution is -2.31. The molecule has 0 aliphatic rings. The lowest BCUT2D eigenvalue weighted by Gasteiger charge is -2.05. The van der Waals surface area contributed by atoms with Crippen molar-refractivity contribution in [3.63, 3.8) is 0 Å². The van der Waals surface area contributed by atoms with Gasteiger partial charge in [-0.15, -0.1) is 0 Å². The predicted octanol–water partition coefficient (Wildman–Crippen LogP) is 0.661. The fourth-order valence-electron chi connectivity index (χ4n) is 1.06. The zero-order valence-corrected chi connectivity index (χ0v) is 8.01. The van der Waals surface area contributed by atoms with Crippen molar-refractivity contribution in [1.29, 1.82) is 0 Å². The van der Waals surface area contributed by atoms with Crippen LogP contribution in [0.4, 0.5) is 4.39 Å². The number of amides is 1. The maximum absolute atomic E-state index is 13.1. The van der Waals surface area contributed by atoms with E-state index in [1.54, 1.807) is 25.2 Å². The number of hydrogen-bond acceptors (Lipinski definition) is 2. The van der Waals surface area contributed by atoms with Crippen LogP contribution in [-0.2, 0) is 11.3 Å². The molecule has 1 aromatic carbocycles. The minimum absolute atomic E-state index is 0.143. The highest BCUT2D eigenvalue weighted by atomic mass is 19.1. The van der Waals surface area contributed by atoms with Crippen molar-refractivity contribution in [2.75, 3.05) is 13.6 Å². The van der Waals surface area contributed by atoms with Gasteiger partial charge in [-0.05, 0) is 13.1 Å². The second-order valence-corrected chi connectivity index (χ2v) is 2.90. The Kier molecular flexibility index (Phi) is 4.07. The highest BCUT2D eigenvalue weighted by Crippen LogP contribution is 2.04. The van der Waals surface area contributed by atoms with Gasteiger partial charge in [-0.25, -0.2) is 4.39 Å². The van der Waals surface area contributed by atoms with Gasteiger partial charge in [0, 0.05) is 12.1 Å².